The fourth-order valence-electron chi connectivity index (χ4n) is 1.81. The number of nitrogens with zero attached hydrogens (tertiary/aromatic N) is 4. The number of likely N-dealkylation sites (N-methyl/N-ethyl adjacent to an activating group) is 1. The zero-order valence-corrected chi connectivity index (χ0v) is 10.2. The van der Waals surface area contributed by atoms with Crippen LogP contribution in [0.3, 0.4) is 0 Å². The van der Waals surface area contributed by atoms with Crippen molar-refractivity contribution in [2.24, 2.45) is 0 Å². The molecule has 0 amide bonds. The number of hydrogen-bond donors (Lipinski definition) is 0. The summed E-state index contributed by atoms with van der Waals surface area (Å²) in [6.07, 6.45) is 5.90. The highest BCUT2D eigenvalue weighted by Gasteiger charge is 2.28. The molecule has 7 heteroatoms. The first-order valence-corrected chi connectivity index (χ1v) is 5.55. The van der Waals surface area contributed by atoms with Crippen molar-refractivity contribution in [3.63, 3.8) is 0 Å². The number of nitro groups is 1. The summed E-state index contributed by atoms with van der Waals surface area (Å²) in [5, 5.41) is 15.0. The van der Waals surface area contributed by atoms with Crippen LogP contribution in [0.25, 0.3) is 5.70 Å². The summed E-state index contributed by atoms with van der Waals surface area (Å²) < 4.78 is 7.17. The highest BCUT2D eigenvalue weighted by molar-refractivity contribution is 5.54. The van der Waals surface area contributed by atoms with Gasteiger partial charge < -0.3 is 9.64 Å². The molecule has 2 rings (SSSR count). The van der Waals surface area contributed by atoms with E-state index >= 15 is 0 Å². The molecule has 1 unspecified atom stereocenters. The van der Waals surface area contributed by atoms with Crippen molar-refractivity contribution in [1.29, 1.82) is 0 Å². The maximum Gasteiger partial charge on any atom is 0.287 e. The smallest absolute Gasteiger partial charge is 0.287 e. The van der Waals surface area contributed by atoms with Crippen LogP contribution in [0.2, 0.25) is 0 Å². The van der Waals surface area contributed by atoms with Gasteiger partial charge in [0, 0.05) is 32.1 Å². The Labute approximate surface area is 104 Å². The van der Waals surface area contributed by atoms with Crippen molar-refractivity contribution >= 4 is 5.70 Å². The molecule has 96 valence electrons. The van der Waals surface area contributed by atoms with Crippen molar-refractivity contribution in [1.82, 2.24) is 14.7 Å². The zero-order valence-electron chi connectivity index (χ0n) is 10.2. The molecule has 0 spiro atoms. The van der Waals surface area contributed by atoms with Crippen LogP contribution in [0.15, 0.2) is 36.4 Å². The monoisotopic (exact) mass is 250 g/mol. The first-order valence-electron chi connectivity index (χ1n) is 5.55. The topological polar surface area (TPSA) is 73.4 Å². The Bertz CT molecular complexity index is 492. The van der Waals surface area contributed by atoms with Gasteiger partial charge in [0.2, 0.25) is 0 Å². The minimum absolute atomic E-state index is 0.0129. The first-order chi connectivity index (χ1) is 8.63. The molecule has 0 saturated carbocycles. The lowest BCUT2D eigenvalue weighted by Gasteiger charge is -2.30. The van der Waals surface area contributed by atoms with E-state index in [0.717, 1.165) is 0 Å². The van der Waals surface area contributed by atoms with E-state index in [0.29, 0.717) is 12.3 Å². The second-order valence-corrected chi connectivity index (χ2v) is 3.80. The summed E-state index contributed by atoms with van der Waals surface area (Å²) >= 11 is 0. The summed E-state index contributed by atoms with van der Waals surface area (Å²) in [4.78, 5) is 12.1. The lowest BCUT2D eigenvalue weighted by molar-refractivity contribution is -0.420. The Kier molecular flexibility index (Phi) is 3.42. The largest absolute Gasteiger partial charge is 0.353 e. The van der Waals surface area contributed by atoms with Gasteiger partial charge >= 0.3 is 0 Å². The Hall–Kier alpha value is -2.15. The van der Waals surface area contributed by atoms with Crippen LogP contribution in [0.4, 0.5) is 0 Å². The van der Waals surface area contributed by atoms with E-state index in [2.05, 4.69) is 5.10 Å². The fourth-order valence-corrected chi connectivity index (χ4v) is 1.81. The molecule has 0 aliphatic carbocycles. The van der Waals surface area contributed by atoms with E-state index in [1.807, 2.05) is 6.92 Å². The van der Waals surface area contributed by atoms with Crippen LogP contribution in [0, 0.1) is 10.1 Å². The van der Waals surface area contributed by atoms with Gasteiger partial charge in [0.25, 0.3) is 5.70 Å². The third-order valence-corrected chi connectivity index (χ3v) is 2.56. The molecule has 0 N–H and O–H groups in total. The minimum Gasteiger partial charge on any atom is -0.353 e. The van der Waals surface area contributed by atoms with Gasteiger partial charge in [-0.05, 0) is 13.0 Å². The molecule has 0 radical (unpaired) electrons. The van der Waals surface area contributed by atoms with Crippen LogP contribution in [0.5, 0.6) is 0 Å². The van der Waals surface area contributed by atoms with Crippen molar-refractivity contribution in [2.75, 3.05) is 13.7 Å². The molecule has 1 aliphatic heterocycles. The number of hydrogen-bond acceptors (Lipinski definition) is 5. The minimum atomic E-state index is -0.428. The maximum absolute atomic E-state index is 10.9. The van der Waals surface area contributed by atoms with E-state index in [4.69, 9.17) is 4.74 Å². The van der Waals surface area contributed by atoms with Gasteiger partial charge in [-0.25, -0.2) is 4.68 Å². The molecule has 1 aromatic heterocycles. The Balaban J connectivity index is 2.41. The summed E-state index contributed by atoms with van der Waals surface area (Å²) in [5.41, 5.74) is 0.637. The summed E-state index contributed by atoms with van der Waals surface area (Å²) in [7, 11) is 1.74. The molecule has 2 heterocycles. The van der Waals surface area contributed by atoms with Crippen LogP contribution in [0.1, 0.15) is 6.92 Å². The van der Waals surface area contributed by atoms with Crippen molar-refractivity contribution in [3.8, 4) is 0 Å². The van der Waals surface area contributed by atoms with Gasteiger partial charge in [-0.2, -0.15) is 5.10 Å². The quantitative estimate of drug-likeness (QED) is 0.592. The molecule has 0 saturated heterocycles. The molecule has 0 aromatic carbocycles. The highest BCUT2D eigenvalue weighted by Crippen LogP contribution is 2.23. The zero-order chi connectivity index (χ0) is 13.1. The molecule has 1 aliphatic rings. The number of allylic oxidation sites excluding steroid dienone is 1. The molecule has 1 aromatic rings. The Morgan fingerprint density at radius 3 is 2.94 bits per heavy atom. The van der Waals surface area contributed by atoms with Gasteiger partial charge in [0.05, 0.1) is 16.8 Å². The van der Waals surface area contributed by atoms with Crippen LogP contribution < -0.4 is 0 Å². The normalized spacial score (nSPS) is 19.4. The fraction of sp³-hybridized carbons (Fsp3) is 0.364. The van der Waals surface area contributed by atoms with E-state index < -0.39 is 4.92 Å². The number of rotatable bonds is 4. The third-order valence-electron chi connectivity index (χ3n) is 2.56. The van der Waals surface area contributed by atoms with Crippen molar-refractivity contribution in [3.05, 3.63) is 46.5 Å². The molecule has 18 heavy (non-hydrogen) atoms. The summed E-state index contributed by atoms with van der Waals surface area (Å²) in [5.74, 6) is 0. The van der Waals surface area contributed by atoms with Crippen molar-refractivity contribution in [2.45, 2.75) is 13.2 Å². The second-order valence-electron chi connectivity index (χ2n) is 3.80. The van der Waals surface area contributed by atoms with Gasteiger partial charge in [0.15, 0.2) is 6.23 Å². The molecule has 7 nitrogen and oxygen atoms in total. The number of aromatic nitrogens is 2. The van der Waals surface area contributed by atoms with Gasteiger partial charge in [-0.15, -0.1) is 0 Å². The van der Waals surface area contributed by atoms with Crippen LogP contribution >= 0.6 is 0 Å². The molecular weight excluding hydrogens is 236 g/mol. The molecule has 0 fully saturated rings. The summed E-state index contributed by atoms with van der Waals surface area (Å²) in [6.45, 7) is 2.39. The second kappa shape index (κ2) is 5.01. The first kappa shape index (κ1) is 12.3. The van der Waals surface area contributed by atoms with Gasteiger partial charge in [-0.3, -0.25) is 10.1 Å². The predicted octanol–water partition coefficient (Wildman–Crippen LogP) is 1.15. The van der Waals surface area contributed by atoms with Crippen LogP contribution in [-0.4, -0.2) is 39.5 Å². The number of ether oxygens (including phenoxy) is 1. The highest BCUT2D eigenvalue weighted by atomic mass is 16.6. The summed E-state index contributed by atoms with van der Waals surface area (Å²) in [6, 6.07) is 1.76. The van der Waals surface area contributed by atoms with Gasteiger partial charge in [-0.1, -0.05) is 0 Å². The van der Waals surface area contributed by atoms with E-state index in [-0.39, 0.29) is 11.9 Å². The third kappa shape index (κ3) is 2.25. The Morgan fingerprint density at radius 2 is 2.39 bits per heavy atom. The van der Waals surface area contributed by atoms with Gasteiger partial charge in [0.1, 0.15) is 0 Å². The van der Waals surface area contributed by atoms with E-state index in [9.17, 15) is 10.1 Å². The van der Waals surface area contributed by atoms with E-state index in [1.165, 1.54) is 12.3 Å². The maximum atomic E-state index is 10.9. The predicted molar refractivity (Wildman–Crippen MR) is 64.8 cm³/mol. The Morgan fingerprint density at radius 1 is 1.61 bits per heavy atom. The van der Waals surface area contributed by atoms with Crippen LogP contribution in [-0.2, 0) is 4.74 Å². The van der Waals surface area contributed by atoms with Crippen molar-refractivity contribution < 1.29 is 9.66 Å². The lowest BCUT2D eigenvalue weighted by atomic mass is 10.2. The molecular formula is C11H14N4O3. The van der Waals surface area contributed by atoms with E-state index in [1.54, 1.807) is 35.1 Å². The molecule has 0 bridgehead atoms. The standard InChI is InChI=1S/C11H14N4O3/c1-3-18-11-10(14-6-4-5-12-14)7-9(15(16)17)8-13(11)2/h4-8,11H,3H2,1-2H3. The SMILES string of the molecule is CCOC1C(n2cccn2)=CC([N+](=O)[O-])=CN1C. The molecule has 1 atom stereocenters. The lowest BCUT2D eigenvalue weighted by Crippen LogP contribution is -2.36. The average molecular weight is 250 g/mol. The average Bonchev–Trinajstić information content (AvgIpc) is 2.84.